The van der Waals surface area contributed by atoms with Gasteiger partial charge in [0.05, 0.1) is 18.2 Å². The largest absolute Gasteiger partial charge is 0.491 e. The second kappa shape index (κ2) is 5.84. The van der Waals surface area contributed by atoms with Gasteiger partial charge in [0, 0.05) is 18.8 Å². The highest BCUT2D eigenvalue weighted by atomic mass is 16.5. The summed E-state index contributed by atoms with van der Waals surface area (Å²) in [5.74, 6) is 0.865. The molecule has 0 unspecified atom stereocenters. The van der Waals surface area contributed by atoms with Crippen LogP contribution in [0.2, 0.25) is 0 Å². The lowest BCUT2D eigenvalue weighted by Crippen LogP contribution is -2.38. The Morgan fingerprint density at radius 3 is 2.10 bits per heavy atom. The predicted molar refractivity (Wildman–Crippen MR) is 77.3 cm³/mol. The van der Waals surface area contributed by atoms with E-state index in [0.717, 1.165) is 24.5 Å². The molecule has 2 rings (SSSR count). The lowest BCUT2D eigenvalue weighted by Gasteiger charge is -2.34. The lowest BCUT2D eigenvalue weighted by molar-refractivity contribution is 0.242. The highest BCUT2D eigenvalue weighted by Gasteiger charge is 2.34. The van der Waals surface area contributed by atoms with E-state index in [9.17, 15) is 0 Å². The van der Waals surface area contributed by atoms with Gasteiger partial charge in [-0.3, -0.25) is 0 Å². The van der Waals surface area contributed by atoms with Crippen LogP contribution in [0.3, 0.4) is 0 Å². The highest BCUT2D eigenvalue weighted by molar-refractivity contribution is 5.50. The second-order valence-electron chi connectivity index (χ2n) is 5.45. The average Bonchev–Trinajstić information content (AvgIpc) is 2.48. The summed E-state index contributed by atoms with van der Waals surface area (Å²) >= 11 is 0. The van der Waals surface area contributed by atoms with Gasteiger partial charge in [-0.15, -0.1) is 0 Å². The molecule has 1 aromatic carbocycles. The molecule has 1 aromatic rings. The predicted octanol–water partition coefficient (Wildman–Crippen LogP) is 3.11. The topological polar surface area (TPSA) is 60.0 Å². The quantitative estimate of drug-likeness (QED) is 0.846. The molecule has 0 aromatic heterocycles. The van der Waals surface area contributed by atoms with Crippen molar-refractivity contribution < 1.29 is 4.74 Å². The van der Waals surface area contributed by atoms with Gasteiger partial charge in [-0.1, -0.05) is 0 Å². The normalized spacial score (nSPS) is 17.4. The van der Waals surface area contributed by atoms with E-state index >= 15 is 0 Å². The summed E-state index contributed by atoms with van der Waals surface area (Å²) in [6.45, 7) is 5.49. The van der Waals surface area contributed by atoms with Gasteiger partial charge in [-0.2, -0.15) is 10.5 Å². The van der Waals surface area contributed by atoms with Crippen molar-refractivity contribution in [3.63, 3.8) is 0 Å². The van der Waals surface area contributed by atoms with Crippen LogP contribution in [0, 0.1) is 28.1 Å². The van der Waals surface area contributed by atoms with Crippen LogP contribution >= 0.6 is 0 Å². The van der Waals surface area contributed by atoms with E-state index in [0.29, 0.717) is 12.8 Å². The molecule has 4 heteroatoms. The van der Waals surface area contributed by atoms with Gasteiger partial charge in [-0.25, -0.2) is 0 Å². The highest BCUT2D eigenvalue weighted by Crippen LogP contribution is 2.32. The van der Waals surface area contributed by atoms with Gasteiger partial charge >= 0.3 is 0 Å². The minimum atomic E-state index is -0.794. The molecular weight excluding hydrogens is 250 g/mol. The smallest absolute Gasteiger partial charge is 0.147 e. The SMILES string of the molecule is CC(C)Oc1ccc(N2CCC(C#N)(C#N)CC2)cc1. The number of hydrogen-bond acceptors (Lipinski definition) is 4. The molecule has 0 amide bonds. The van der Waals surface area contributed by atoms with Crippen molar-refractivity contribution in [2.45, 2.75) is 32.8 Å². The Balaban J connectivity index is 2.01. The first-order chi connectivity index (χ1) is 9.58. The summed E-state index contributed by atoms with van der Waals surface area (Å²) in [6, 6.07) is 12.3. The molecule has 0 N–H and O–H groups in total. The first-order valence-corrected chi connectivity index (χ1v) is 6.93. The summed E-state index contributed by atoms with van der Waals surface area (Å²) in [5.41, 5.74) is 0.322. The van der Waals surface area contributed by atoms with Crippen LogP contribution in [0.4, 0.5) is 5.69 Å². The van der Waals surface area contributed by atoms with E-state index in [2.05, 4.69) is 17.0 Å². The third-order valence-corrected chi connectivity index (χ3v) is 3.62. The first kappa shape index (κ1) is 14.2. The molecule has 104 valence electrons. The molecule has 4 nitrogen and oxygen atoms in total. The van der Waals surface area contributed by atoms with Crippen molar-refractivity contribution in [1.29, 1.82) is 10.5 Å². The van der Waals surface area contributed by atoms with E-state index in [1.54, 1.807) is 0 Å². The van der Waals surface area contributed by atoms with Crippen molar-refractivity contribution in [1.82, 2.24) is 0 Å². The molecule has 20 heavy (non-hydrogen) atoms. The average molecular weight is 269 g/mol. The minimum absolute atomic E-state index is 0.169. The number of ether oxygens (including phenoxy) is 1. The molecule has 0 aliphatic carbocycles. The van der Waals surface area contributed by atoms with Gasteiger partial charge in [0.2, 0.25) is 0 Å². The van der Waals surface area contributed by atoms with Crippen LogP contribution in [0.5, 0.6) is 5.75 Å². The molecule has 0 atom stereocenters. The summed E-state index contributed by atoms with van der Waals surface area (Å²) in [7, 11) is 0. The van der Waals surface area contributed by atoms with Crippen LogP contribution in [0.1, 0.15) is 26.7 Å². The van der Waals surface area contributed by atoms with E-state index in [1.165, 1.54) is 0 Å². The third kappa shape index (κ3) is 3.03. The number of benzene rings is 1. The Morgan fingerprint density at radius 1 is 1.10 bits per heavy atom. The fraction of sp³-hybridized carbons (Fsp3) is 0.500. The zero-order valence-electron chi connectivity index (χ0n) is 12.0. The van der Waals surface area contributed by atoms with Crippen LogP contribution in [0.25, 0.3) is 0 Å². The molecule has 1 aliphatic heterocycles. The van der Waals surface area contributed by atoms with Crippen LogP contribution in [0.15, 0.2) is 24.3 Å². The summed E-state index contributed by atoms with van der Waals surface area (Å²) < 4.78 is 5.62. The molecule has 1 aliphatic rings. The number of rotatable bonds is 3. The molecule has 0 bridgehead atoms. The Labute approximate surface area is 120 Å². The number of piperidine rings is 1. The zero-order valence-corrected chi connectivity index (χ0v) is 12.0. The Hall–Kier alpha value is -2.20. The maximum absolute atomic E-state index is 9.11. The second-order valence-corrected chi connectivity index (χ2v) is 5.45. The summed E-state index contributed by atoms with van der Waals surface area (Å²) in [6.07, 6.45) is 1.37. The number of nitrogens with zero attached hydrogens (tertiary/aromatic N) is 3. The number of hydrogen-bond donors (Lipinski definition) is 0. The van der Waals surface area contributed by atoms with Crippen molar-refractivity contribution in [2.75, 3.05) is 18.0 Å². The van der Waals surface area contributed by atoms with Crippen molar-refractivity contribution in [3.05, 3.63) is 24.3 Å². The monoisotopic (exact) mass is 269 g/mol. The molecule has 0 spiro atoms. The van der Waals surface area contributed by atoms with E-state index in [4.69, 9.17) is 15.3 Å². The fourth-order valence-corrected chi connectivity index (χ4v) is 2.40. The maximum atomic E-state index is 9.11. The van der Waals surface area contributed by atoms with Crippen molar-refractivity contribution >= 4 is 5.69 Å². The fourth-order valence-electron chi connectivity index (χ4n) is 2.40. The van der Waals surface area contributed by atoms with Crippen LogP contribution in [-0.4, -0.2) is 19.2 Å². The van der Waals surface area contributed by atoms with E-state index in [1.807, 2.05) is 38.1 Å². The molecule has 1 fully saturated rings. The summed E-state index contributed by atoms with van der Waals surface area (Å²) in [4.78, 5) is 2.21. The van der Waals surface area contributed by atoms with E-state index in [-0.39, 0.29) is 6.10 Å². The van der Waals surface area contributed by atoms with Crippen molar-refractivity contribution in [3.8, 4) is 17.9 Å². The van der Waals surface area contributed by atoms with Gasteiger partial charge in [0.25, 0.3) is 0 Å². The number of nitriles is 2. The van der Waals surface area contributed by atoms with E-state index < -0.39 is 5.41 Å². The van der Waals surface area contributed by atoms with Crippen molar-refractivity contribution in [2.24, 2.45) is 5.41 Å². The van der Waals surface area contributed by atoms with Crippen LogP contribution in [-0.2, 0) is 0 Å². The molecule has 1 saturated heterocycles. The number of anilines is 1. The molecule has 0 radical (unpaired) electrons. The Morgan fingerprint density at radius 2 is 1.65 bits per heavy atom. The third-order valence-electron chi connectivity index (χ3n) is 3.62. The van der Waals surface area contributed by atoms with Gasteiger partial charge in [0.15, 0.2) is 0 Å². The van der Waals surface area contributed by atoms with Gasteiger partial charge in [-0.05, 0) is 51.0 Å². The lowest BCUT2D eigenvalue weighted by atomic mass is 9.81. The summed E-state index contributed by atoms with van der Waals surface area (Å²) in [5, 5.41) is 18.2. The Kier molecular flexibility index (Phi) is 4.15. The van der Waals surface area contributed by atoms with Crippen LogP contribution < -0.4 is 9.64 Å². The molecule has 0 saturated carbocycles. The van der Waals surface area contributed by atoms with Gasteiger partial charge in [0.1, 0.15) is 11.2 Å². The zero-order chi connectivity index (χ0) is 14.6. The molecule has 1 heterocycles. The standard InChI is InChI=1S/C16H19N3O/c1-13(2)20-15-5-3-14(4-6-15)19-9-7-16(11-17,12-18)8-10-19/h3-6,13H,7-10H2,1-2H3. The first-order valence-electron chi connectivity index (χ1n) is 6.93. The Bertz CT molecular complexity index is 512. The minimum Gasteiger partial charge on any atom is -0.491 e. The molecular formula is C16H19N3O. The van der Waals surface area contributed by atoms with Gasteiger partial charge < -0.3 is 9.64 Å². The maximum Gasteiger partial charge on any atom is 0.147 e.